The van der Waals surface area contributed by atoms with E-state index in [0.717, 1.165) is 26.0 Å². The Hall–Kier alpha value is -0.120. The van der Waals surface area contributed by atoms with Gasteiger partial charge in [0.2, 0.25) is 0 Å². The monoisotopic (exact) mass is 226 g/mol. The molecule has 2 aliphatic heterocycles. The molecule has 0 spiro atoms. The van der Waals surface area contributed by atoms with Gasteiger partial charge in [0.05, 0.1) is 5.60 Å². The lowest BCUT2D eigenvalue weighted by Crippen LogP contribution is -2.61. The van der Waals surface area contributed by atoms with Crippen molar-refractivity contribution in [2.75, 3.05) is 19.7 Å². The molecular formula is C13H26N2O. The molecule has 2 fully saturated rings. The third kappa shape index (κ3) is 2.13. The lowest BCUT2D eigenvalue weighted by atomic mass is 9.79. The van der Waals surface area contributed by atoms with Gasteiger partial charge in [0.1, 0.15) is 0 Å². The third-order valence-corrected chi connectivity index (χ3v) is 4.36. The zero-order valence-electron chi connectivity index (χ0n) is 11.0. The van der Waals surface area contributed by atoms with Crippen molar-refractivity contribution in [2.45, 2.75) is 63.6 Å². The highest BCUT2D eigenvalue weighted by Gasteiger charge is 2.46. The van der Waals surface area contributed by atoms with Gasteiger partial charge in [0.25, 0.3) is 0 Å². The maximum Gasteiger partial charge on any atom is 0.0644 e. The summed E-state index contributed by atoms with van der Waals surface area (Å²) in [7, 11) is 0. The van der Waals surface area contributed by atoms with Crippen LogP contribution in [0.2, 0.25) is 0 Å². The van der Waals surface area contributed by atoms with Crippen LogP contribution >= 0.6 is 0 Å². The summed E-state index contributed by atoms with van der Waals surface area (Å²) in [4.78, 5) is 2.65. The quantitative estimate of drug-likeness (QED) is 0.779. The normalized spacial score (nSPS) is 40.1. The molecular weight excluding hydrogens is 200 g/mol. The van der Waals surface area contributed by atoms with Crippen LogP contribution in [0.3, 0.4) is 0 Å². The molecule has 2 N–H and O–H groups in total. The van der Waals surface area contributed by atoms with Crippen molar-refractivity contribution in [1.29, 1.82) is 0 Å². The molecule has 2 saturated heterocycles. The van der Waals surface area contributed by atoms with E-state index in [1.807, 2.05) is 0 Å². The first-order valence-electron chi connectivity index (χ1n) is 6.60. The van der Waals surface area contributed by atoms with Gasteiger partial charge in [-0.05, 0) is 53.0 Å². The number of ether oxygens (including phenoxy) is 1. The van der Waals surface area contributed by atoms with E-state index in [1.165, 1.54) is 19.4 Å². The molecule has 0 amide bonds. The van der Waals surface area contributed by atoms with Crippen LogP contribution in [0.25, 0.3) is 0 Å². The van der Waals surface area contributed by atoms with Crippen LogP contribution in [0.5, 0.6) is 0 Å². The van der Waals surface area contributed by atoms with Crippen LogP contribution in [0.1, 0.15) is 46.5 Å². The lowest BCUT2D eigenvalue weighted by Gasteiger charge is -2.51. The average molecular weight is 226 g/mol. The highest BCUT2D eigenvalue weighted by molar-refractivity contribution is 5.02. The zero-order chi connectivity index (χ0) is 11.8. The van der Waals surface area contributed by atoms with Crippen LogP contribution in [0.4, 0.5) is 0 Å². The van der Waals surface area contributed by atoms with Gasteiger partial charge in [-0.3, -0.25) is 4.90 Å². The first kappa shape index (κ1) is 12.3. The summed E-state index contributed by atoms with van der Waals surface area (Å²) in [6.45, 7) is 9.56. The minimum atomic E-state index is -0.0140. The lowest BCUT2D eigenvalue weighted by molar-refractivity contribution is -0.119. The Bertz CT molecular complexity index is 254. The van der Waals surface area contributed by atoms with Gasteiger partial charge < -0.3 is 10.5 Å². The highest BCUT2D eigenvalue weighted by atomic mass is 16.5. The molecule has 0 aromatic carbocycles. The van der Waals surface area contributed by atoms with Crippen molar-refractivity contribution >= 4 is 0 Å². The van der Waals surface area contributed by atoms with Gasteiger partial charge in [-0.15, -0.1) is 0 Å². The van der Waals surface area contributed by atoms with Crippen molar-refractivity contribution in [1.82, 2.24) is 4.90 Å². The van der Waals surface area contributed by atoms with E-state index < -0.39 is 0 Å². The predicted molar refractivity (Wildman–Crippen MR) is 66.5 cm³/mol. The zero-order valence-corrected chi connectivity index (χ0v) is 11.0. The summed E-state index contributed by atoms with van der Waals surface area (Å²) in [6.07, 6.45) is 4.81. The van der Waals surface area contributed by atoms with Gasteiger partial charge in [-0.2, -0.15) is 0 Å². The van der Waals surface area contributed by atoms with E-state index in [1.54, 1.807) is 0 Å². The number of nitrogens with zero attached hydrogens (tertiary/aromatic N) is 1. The minimum absolute atomic E-state index is 0.0140. The standard InChI is InChI=1S/C13H26N2O/c1-11-5-4-7-15(11)13(10-14)6-8-16-12(2,3)9-13/h11H,4-10,14H2,1-3H3. The molecule has 0 aliphatic carbocycles. The van der Waals surface area contributed by atoms with Crippen molar-refractivity contribution in [3.05, 3.63) is 0 Å². The molecule has 0 aromatic rings. The van der Waals surface area contributed by atoms with Crippen molar-refractivity contribution in [2.24, 2.45) is 5.73 Å². The van der Waals surface area contributed by atoms with Gasteiger partial charge in [-0.25, -0.2) is 0 Å². The SMILES string of the molecule is CC1CCCN1C1(CN)CCOC(C)(C)C1. The van der Waals surface area contributed by atoms with E-state index in [-0.39, 0.29) is 11.1 Å². The number of nitrogens with two attached hydrogens (primary N) is 1. The number of hydrogen-bond acceptors (Lipinski definition) is 3. The second kappa shape index (κ2) is 4.28. The summed E-state index contributed by atoms with van der Waals surface area (Å²) in [5.74, 6) is 0. The van der Waals surface area contributed by atoms with E-state index in [4.69, 9.17) is 10.5 Å². The average Bonchev–Trinajstić information content (AvgIpc) is 2.63. The molecule has 2 atom stereocenters. The van der Waals surface area contributed by atoms with E-state index in [2.05, 4.69) is 25.7 Å². The fraction of sp³-hybridized carbons (Fsp3) is 1.00. The fourth-order valence-electron chi connectivity index (χ4n) is 3.62. The Morgan fingerprint density at radius 2 is 2.19 bits per heavy atom. The second-order valence-electron chi connectivity index (χ2n) is 6.15. The molecule has 94 valence electrons. The summed E-state index contributed by atoms with van der Waals surface area (Å²) in [6, 6.07) is 0.692. The van der Waals surface area contributed by atoms with Crippen LogP contribution in [-0.4, -0.2) is 41.8 Å². The summed E-state index contributed by atoms with van der Waals surface area (Å²) in [5.41, 5.74) is 6.28. The maximum absolute atomic E-state index is 6.10. The Morgan fingerprint density at radius 1 is 1.44 bits per heavy atom. The third-order valence-electron chi connectivity index (χ3n) is 4.36. The minimum Gasteiger partial charge on any atom is -0.375 e. The van der Waals surface area contributed by atoms with Crippen molar-refractivity contribution in [3.8, 4) is 0 Å². The maximum atomic E-state index is 6.10. The fourth-order valence-corrected chi connectivity index (χ4v) is 3.62. The molecule has 2 heterocycles. The summed E-state index contributed by atoms with van der Waals surface area (Å²) in [5, 5.41) is 0. The smallest absolute Gasteiger partial charge is 0.0644 e. The molecule has 16 heavy (non-hydrogen) atoms. The Morgan fingerprint density at radius 3 is 2.69 bits per heavy atom. The number of likely N-dealkylation sites (tertiary alicyclic amines) is 1. The predicted octanol–water partition coefficient (Wildman–Crippen LogP) is 1.76. The summed E-state index contributed by atoms with van der Waals surface area (Å²) < 4.78 is 5.83. The van der Waals surface area contributed by atoms with Crippen molar-refractivity contribution in [3.63, 3.8) is 0 Å². The van der Waals surface area contributed by atoms with Crippen LogP contribution < -0.4 is 5.73 Å². The van der Waals surface area contributed by atoms with E-state index in [9.17, 15) is 0 Å². The van der Waals surface area contributed by atoms with Crippen molar-refractivity contribution < 1.29 is 4.74 Å². The van der Waals surface area contributed by atoms with Crippen LogP contribution in [0, 0.1) is 0 Å². The highest BCUT2D eigenvalue weighted by Crippen LogP contribution is 2.39. The topological polar surface area (TPSA) is 38.5 Å². The van der Waals surface area contributed by atoms with Gasteiger partial charge in [-0.1, -0.05) is 0 Å². The molecule has 0 saturated carbocycles. The largest absolute Gasteiger partial charge is 0.375 e. The van der Waals surface area contributed by atoms with Crippen LogP contribution in [-0.2, 0) is 4.74 Å². The van der Waals surface area contributed by atoms with E-state index >= 15 is 0 Å². The molecule has 0 aromatic heterocycles. The van der Waals surface area contributed by atoms with Gasteiger partial charge >= 0.3 is 0 Å². The molecule has 3 heteroatoms. The molecule has 3 nitrogen and oxygen atoms in total. The number of hydrogen-bond donors (Lipinski definition) is 1. The molecule has 0 bridgehead atoms. The Kier molecular flexibility index (Phi) is 3.30. The molecule has 2 rings (SSSR count). The first-order valence-corrected chi connectivity index (χ1v) is 6.60. The van der Waals surface area contributed by atoms with Crippen LogP contribution in [0.15, 0.2) is 0 Å². The van der Waals surface area contributed by atoms with Gasteiger partial charge in [0.15, 0.2) is 0 Å². The molecule has 2 unspecified atom stereocenters. The Labute approximate surface area is 99.3 Å². The van der Waals surface area contributed by atoms with Gasteiger partial charge in [0, 0.05) is 24.7 Å². The second-order valence-corrected chi connectivity index (χ2v) is 6.15. The number of rotatable bonds is 2. The van der Waals surface area contributed by atoms with E-state index in [0.29, 0.717) is 6.04 Å². The molecule has 2 aliphatic rings. The Balaban J connectivity index is 2.18. The summed E-state index contributed by atoms with van der Waals surface area (Å²) >= 11 is 0. The first-order chi connectivity index (χ1) is 7.49. The molecule has 0 radical (unpaired) electrons.